The number of hydrogen-bond donors (Lipinski definition) is 1. The molecule has 0 amide bonds. The largest absolute Gasteiger partial charge is 0.487 e. The second-order valence-electron chi connectivity index (χ2n) is 3.70. The molecule has 5 heteroatoms. The van der Waals surface area contributed by atoms with Gasteiger partial charge >= 0.3 is 0 Å². The highest BCUT2D eigenvalue weighted by atomic mass is 19.3. The molecule has 3 nitrogen and oxygen atoms in total. The number of nitrogens with two attached hydrogens (primary N) is 1. The Morgan fingerprint density at radius 1 is 1.44 bits per heavy atom. The van der Waals surface area contributed by atoms with Gasteiger partial charge in [-0.2, -0.15) is 0 Å². The molecule has 1 atom stereocenters. The molecule has 1 aliphatic heterocycles. The number of ether oxygens (including phenoxy) is 2. The van der Waals surface area contributed by atoms with E-state index in [1.807, 2.05) is 0 Å². The van der Waals surface area contributed by atoms with Gasteiger partial charge in [0.2, 0.25) is 0 Å². The highest BCUT2D eigenvalue weighted by Crippen LogP contribution is 2.32. The Labute approximate surface area is 92.1 Å². The Bertz CT molecular complexity index is 365. The maximum atomic E-state index is 12.7. The Balaban J connectivity index is 2.18. The van der Waals surface area contributed by atoms with Crippen molar-refractivity contribution < 1.29 is 18.3 Å². The van der Waals surface area contributed by atoms with Crippen molar-refractivity contribution in [2.75, 3.05) is 18.9 Å². The van der Waals surface area contributed by atoms with Crippen LogP contribution in [0.4, 0.5) is 14.5 Å². The van der Waals surface area contributed by atoms with Crippen LogP contribution in [0.5, 0.6) is 5.75 Å². The Morgan fingerprint density at radius 3 is 2.88 bits per heavy atom. The minimum Gasteiger partial charge on any atom is -0.487 e. The van der Waals surface area contributed by atoms with Crippen LogP contribution < -0.4 is 10.5 Å². The van der Waals surface area contributed by atoms with Crippen molar-refractivity contribution in [3.63, 3.8) is 0 Å². The van der Waals surface area contributed by atoms with Crippen molar-refractivity contribution in [3.8, 4) is 5.75 Å². The lowest BCUT2D eigenvalue weighted by molar-refractivity contribution is 0.124. The molecule has 2 N–H and O–H groups in total. The lowest BCUT2D eigenvalue weighted by Gasteiger charge is -2.15. The highest BCUT2D eigenvalue weighted by Gasteiger charge is 2.21. The molecule has 0 spiro atoms. The van der Waals surface area contributed by atoms with Crippen LogP contribution in [0.1, 0.15) is 18.4 Å². The molecule has 0 radical (unpaired) electrons. The maximum Gasteiger partial charge on any atom is 0.267 e. The van der Waals surface area contributed by atoms with Gasteiger partial charge < -0.3 is 15.2 Å². The molecule has 0 saturated carbocycles. The van der Waals surface area contributed by atoms with Crippen LogP contribution in [0.25, 0.3) is 0 Å². The molecular formula is C11H13F2NO2. The third kappa shape index (κ3) is 2.41. The molecule has 1 aliphatic rings. The van der Waals surface area contributed by atoms with Crippen molar-refractivity contribution >= 4 is 5.69 Å². The standard InChI is InChI=1S/C11H13F2NO2/c12-11(13)9-5-7(14)1-2-10(9)16-8-3-4-15-6-8/h1-2,5,8,11H,3-4,6,14H2. The quantitative estimate of drug-likeness (QED) is 0.809. The van der Waals surface area contributed by atoms with E-state index in [4.69, 9.17) is 15.2 Å². The first-order valence-electron chi connectivity index (χ1n) is 5.09. The zero-order valence-electron chi connectivity index (χ0n) is 8.66. The van der Waals surface area contributed by atoms with Crippen molar-refractivity contribution in [1.82, 2.24) is 0 Å². The molecular weight excluding hydrogens is 216 g/mol. The molecule has 1 aromatic rings. The topological polar surface area (TPSA) is 44.5 Å². The summed E-state index contributed by atoms with van der Waals surface area (Å²) in [7, 11) is 0. The molecule has 1 unspecified atom stereocenters. The predicted molar refractivity (Wildman–Crippen MR) is 55.7 cm³/mol. The summed E-state index contributed by atoms with van der Waals surface area (Å²) in [5.74, 6) is 0.194. The van der Waals surface area contributed by atoms with E-state index >= 15 is 0 Å². The van der Waals surface area contributed by atoms with Gasteiger partial charge in [-0.15, -0.1) is 0 Å². The van der Waals surface area contributed by atoms with Gasteiger partial charge in [0, 0.05) is 12.1 Å². The van der Waals surface area contributed by atoms with Crippen molar-refractivity contribution in [3.05, 3.63) is 23.8 Å². The summed E-state index contributed by atoms with van der Waals surface area (Å²) in [5.41, 5.74) is 5.61. The van der Waals surface area contributed by atoms with E-state index < -0.39 is 6.43 Å². The number of rotatable bonds is 3. The summed E-state index contributed by atoms with van der Waals surface area (Å²) >= 11 is 0. The third-order valence-electron chi connectivity index (χ3n) is 2.45. The lowest BCUT2D eigenvalue weighted by Crippen LogP contribution is -2.16. The number of halogens is 2. The second-order valence-corrected chi connectivity index (χ2v) is 3.70. The summed E-state index contributed by atoms with van der Waals surface area (Å²) in [6.45, 7) is 1.07. The molecule has 88 valence electrons. The van der Waals surface area contributed by atoms with Gasteiger partial charge in [-0.3, -0.25) is 0 Å². The first kappa shape index (κ1) is 11.1. The fourth-order valence-electron chi connectivity index (χ4n) is 1.63. The van der Waals surface area contributed by atoms with Gasteiger partial charge in [0.25, 0.3) is 6.43 Å². The van der Waals surface area contributed by atoms with Gasteiger partial charge in [-0.25, -0.2) is 8.78 Å². The molecule has 1 aromatic carbocycles. The molecule has 0 bridgehead atoms. The molecule has 1 fully saturated rings. The smallest absolute Gasteiger partial charge is 0.267 e. The Kier molecular flexibility index (Phi) is 3.24. The van der Waals surface area contributed by atoms with Gasteiger partial charge in [0.1, 0.15) is 11.9 Å². The van der Waals surface area contributed by atoms with E-state index in [0.29, 0.717) is 18.9 Å². The molecule has 0 aliphatic carbocycles. The van der Waals surface area contributed by atoms with Crippen molar-refractivity contribution in [2.45, 2.75) is 19.0 Å². The normalized spacial score (nSPS) is 20.3. The van der Waals surface area contributed by atoms with Crippen LogP contribution in [-0.2, 0) is 4.74 Å². The minimum atomic E-state index is -2.58. The van der Waals surface area contributed by atoms with Gasteiger partial charge in [-0.05, 0) is 18.2 Å². The second kappa shape index (κ2) is 4.65. The fourth-order valence-corrected chi connectivity index (χ4v) is 1.63. The van der Waals surface area contributed by atoms with Gasteiger partial charge in [0.05, 0.1) is 18.8 Å². The van der Waals surface area contributed by atoms with Crippen molar-refractivity contribution in [1.29, 1.82) is 0 Å². The average Bonchev–Trinajstić information content (AvgIpc) is 2.73. The number of alkyl halides is 2. The summed E-state index contributed by atoms with van der Waals surface area (Å²) in [6.07, 6.45) is -1.99. The highest BCUT2D eigenvalue weighted by molar-refractivity contribution is 5.48. The fraction of sp³-hybridized carbons (Fsp3) is 0.455. The predicted octanol–water partition coefficient (Wildman–Crippen LogP) is 2.37. The van der Waals surface area contributed by atoms with Crippen LogP contribution in [0.3, 0.4) is 0 Å². The monoisotopic (exact) mass is 229 g/mol. The van der Waals surface area contributed by atoms with E-state index in [1.165, 1.54) is 12.1 Å². The lowest BCUT2D eigenvalue weighted by atomic mass is 10.2. The summed E-state index contributed by atoms with van der Waals surface area (Å²) in [5, 5.41) is 0. The third-order valence-corrected chi connectivity index (χ3v) is 2.45. The Morgan fingerprint density at radius 2 is 2.25 bits per heavy atom. The van der Waals surface area contributed by atoms with Crippen LogP contribution in [0.15, 0.2) is 18.2 Å². The van der Waals surface area contributed by atoms with Crippen LogP contribution in [0, 0.1) is 0 Å². The van der Waals surface area contributed by atoms with Gasteiger partial charge in [0.15, 0.2) is 0 Å². The van der Waals surface area contributed by atoms with Gasteiger partial charge in [-0.1, -0.05) is 0 Å². The van der Waals surface area contributed by atoms with Crippen molar-refractivity contribution in [2.24, 2.45) is 0 Å². The van der Waals surface area contributed by atoms with Crippen LogP contribution >= 0.6 is 0 Å². The molecule has 2 rings (SSSR count). The van der Waals surface area contributed by atoms with Crippen LogP contribution in [-0.4, -0.2) is 19.3 Å². The number of benzene rings is 1. The van der Waals surface area contributed by atoms with E-state index in [1.54, 1.807) is 6.07 Å². The maximum absolute atomic E-state index is 12.7. The van der Waals surface area contributed by atoms with E-state index in [9.17, 15) is 8.78 Å². The van der Waals surface area contributed by atoms with Crippen LogP contribution in [0.2, 0.25) is 0 Å². The molecule has 1 heterocycles. The van der Waals surface area contributed by atoms with E-state index in [0.717, 1.165) is 6.42 Å². The summed E-state index contributed by atoms with van der Waals surface area (Å²) in [6, 6.07) is 4.28. The Hall–Kier alpha value is -1.36. The first-order chi connectivity index (χ1) is 7.66. The summed E-state index contributed by atoms with van der Waals surface area (Å²) in [4.78, 5) is 0. The molecule has 0 aromatic heterocycles. The SMILES string of the molecule is Nc1ccc(OC2CCOC2)c(C(F)F)c1. The van der Waals surface area contributed by atoms with E-state index in [2.05, 4.69) is 0 Å². The molecule has 16 heavy (non-hydrogen) atoms. The minimum absolute atomic E-state index is 0.138. The zero-order valence-corrected chi connectivity index (χ0v) is 8.66. The zero-order chi connectivity index (χ0) is 11.5. The number of anilines is 1. The number of hydrogen-bond acceptors (Lipinski definition) is 3. The first-order valence-corrected chi connectivity index (χ1v) is 5.09. The average molecular weight is 229 g/mol. The number of nitrogen functional groups attached to an aromatic ring is 1. The summed E-state index contributed by atoms with van der Waals surface area (Å²) < 4.78 is 36.0. The van der Waals surface area contributed by atoms with E-state index in [-0.39, 0.29) is 17.4 Å². The molecule has 1 saturated heterocycles.